The lowest BCUT2D eigenvalue weighted by Crippen LogP contribution is -2.21. The zero-order valence-corrected chi connectivity index (χ0v) is 18.5. The number of rotatable bonds is 3. The summed E-state index contributed by atoms with van der Waals surface area (Å²) in [5.41, 5.74) is 5.09. The molecule has 30 heavy (non-hydrogen) atoms. The molecule has 3 aromatic rings. The first kappa shape index (κ1) is 21.6. The maximum absolute atomic E-state index is 11.8. The summed E-state index contributed by atoms with van der Waals surface area (Å²) in [7, 11) is 0. The predicted molar refractivity (Wildman–Crippen MR) is 122 cm³/mol. The van der Waals surface area contributed by atoms with Gasteiger partial charge in [-0.2, -0.15) is 0 Å². The van der Waals surface area contributed by atoms with Crippen LogP contribution in [-0.2, 0) is 5.41 Å². The number of aromatic nitrogens is 3. The smallest absolute Gasteiger partial charge is 0.229 e. The molecule has 1 aliphatic carbocycles. The summed E-state index contributed by atoms with van der Waals surface area (Å²) in [6.07, 6.45) is 7.76. The third-order valence-corrected chi connectivity index (χ3v) is 5.42. The van der Waals surface area contributed by atoms with Crippen molar-refractivity contribution in [3.8, 4) is 11.3 Å². The van der Waals surface area contributed by atoms with Crippen molar-refractivity contribution in [3.05, 3.63) is 66.1 Å². The van der Waals surface area contributed by atoms with E-state index in [1.807, 2.05) is 70.4 Å². The van der Waals surface area contributed by atoms with Crippen molar-refractivity contribution in [2.45, 2.75) is 52.9 Å². The van der Waals surface area contributed by atoms with E-state index in [0.29, 0.717) is 5.95 Å². The lowest BCUT2D eigenvalue weighted by molar-refractivity contribution is 0.101. The van der Waals surface area contributed by atoms with Crippen molar-refractivity contribution in [1.29, 1.82) is 0 Å². The van der Waals surface area contributed by atoms with Crippen molar-refractivity contribution in [1.82, 2.24) is 15.0 Å². The molecule has 1 aliphatic heterocycles. The summed E-state index contributed by atoms with van der Waals surface area (Å²) in [6, 6.07) is 11.8. The number of ketones is 1. The second kappa shape index (κ2) is 9.16. The van der Waals surface area contributed by atoms with Gasteiger partial charge in [0.05, 0.1) is 5.69 Å². The Morgan fingerprint density at radius 2 is 1.67 bits per heavy atom. The van der Waals surface area contributed by atoms with E-state index in [9.17, 15) is 4.79 Å². The highest BCUT2D eigenvalue weighted by molar-refractivity contribution is 5.96. The molecule has 0 saturated heterocycles. The minimum Gasteiger partial charge on any atom is -0.309 e. The molecule has 0 radical (unpaired) electrons. The van der Waals surface area contributed by atoms with Gasteiger partial charge in [-0.25, -0.2) is 9.97 Å². The number of nitrogens with zero attached hydrogens (tertiary/aromatic N) is 4. The van der Waals surface area contributed by atoms with Gasteiger partial charge in [0.2, 0.25) is 5.95 Å². The van der Waals surface area contributed by atoms with Gasteiger partial charge in [-0.1, -0.05) is 45.9 Å². The van der Waals surface area contributed by atoms with E-state index in [0.717, 1.165) is 29.1 Å². The van der Waals surface area contributed by atoms with E-state index >= 15 is 0 Å². The van der Waals surface area contributed by atoms with E-state index in [4.69, 9.17) is 0 Å². The van der Waals surface area contributed by atoms with E-state index < -0.39 is 0 Å². The molecule has 1 spiro atoms. The highest BCUT2D eigenvalue weighted by atomic mass is 16.1. The predicted octanol–water partition coefficient (Wildman–Crippen LogP) is 5.98. The molecule has 1 saturated carbocycles. The molecule has 2 aliphatic rings. The average molecular weight is 403 g/mol. The summed E-state index contributed by atoms with van der Waals surface area (Å²) >= 11 is 0. The number of hydrogen-bond acceptors (Lipinski definition) is 5. The van der Waals surface area contributed by atoms with Gasteiger partial charge < -0.3 is 4.90 Å². The van der Waals surface area contributed by atoms with Crippen LogP contribution in [0.5, 0.6) is 0 Å². The first-order valence-electron chi connectivity index (χ1n) is 10.8. The van der Waals surface area contributed by atoms with Crippen LogP contribution in [0.4, 0.5) is 11.6 Å². The maximum atomic E-state index is 11.8. The molecule has 156 valence electrons. The minimum atomic E-state index is 0.0796. The molecule has 0 N–H and O–H groups in total. The Labute approximate surface area is 179 Å². The van der Waals surface area contributed by atoms with Crippen LogP contribution < -0.4 is 4.90 Å². The standard InChI is InChI=1S/C21H18N4O.2C2H6/c1-14(26)15-5-6-17-19(10-15)25(13-21(17)7-8-21)20-23-11-16(12-24-20)18-4-2-3-9-22-18;2*1-2/h2-6,9-12H,7-8,13H2,1H3;2*1-2H3. The maximum Gasteiger partial charge on any atom is 0.229 e. The highest BCUT2D eigenvalue weighted by Gasteiger charge is 2.52. The molecule has 0 unspecified atom stereocenters. The van der Waals surface area contributed by atoms with Crippen molar-refractivity contribution >= 4 is 17.4 Å². The van der Waals surface area contributed by atoms with Gasteiger partial charge in [-0.05, 0) is 43.5 Å². The normalized spacial score (nSPS) is 14.8. The van der Waals surface area contributed by atoms with Crippen LogP contribution >= 0.6 is 0 Å². The molecule has 5 heteroatoms. The number of anilines is 2. The third-order valence-electron chi connectivity index (χ3n) is 5.42. The number of carbonyl (C=O) groups excluding carboxylic acids is 1. The van der Waals surface area contributed by atoms with Crippen LogP contribution in [-0.4, -0.2) is 27.3 Å². The van der Waals surface area contributed by atoms with E-state index in [2.05, 4.69) is 25.9 Å². The Hall–Kier alpha value is -3.08. The highest BCUT2D eigenvalue weighted by Crippen LogP contribution is 2.57. The molecule has 1 fully saturated rings. The van der Waals surface area contributed by atoms with Gasteiger partial charge >= 0.3 is 0 Å². The number of hydrogen-bond donors (Lipinski definition) is 0. The molecule has 1 aromatic carbocycles. The van der Waals surface area contributed by atoms with Crippen LogP contribution in [0.1, 0.15) is 63.4 Å². The molecule has 5 nitrogen and oxygen atoms in total. The first-order chi connectivity index (χ1) is 14.7. The topological polar surface area (TPSA) is 59.0 Å². The Balaban J connectivity index is 0.000000606. The number of benzene rings is 1. The minimum absolute atomic E-state index is 0.0796. The molecule has 0 amide bonds. The second-order valence-corrected chi connectivity index (χ2v) is 7.14. The van der Waals surface area contributed by atoms with Crippen LogP contribution in [0.2, 0.25) is 0 Å². The van der Waals surface area contributed by atoms with Crippen LogP contribution in [0.3, 0.4) is 0 Å². The fourth-order valence-corrected chi connectivity index (χ4v) is 3.78. The van der Waals surface area contributed by atoms with Crippen molar-refractivity contribution < 1.29 is 4.79 Å². The summed E-state index contributed by atoms with van der Waals surface area (Å²) in [4.78, 5) is 27.5. The largest absolute Gasteiger partial charge is 0.309 e. The fourth-order valence-electron chi connectivity index (χ4n) is 3.78. The number of fused-ring (bicyclic) bond motifs is 2. The van der Waals surface area contributed by atoms with E-state index in [1.54, 1.807) is 13.1 Å². The first-order valence-corrected chi connectivity index (χ1v) is 10.8. The Bertz CT molecular complexity index is 995. The Morgan fingerprint density at radius 1 is 0.967 bits per heavy atom. The Kier molecular flexibility index (Phi) is 6.60. The van der Waals surface area contributed by atoms with Gasteiger partial charge in [-0.15, -0.1) is 0 Å². The molecule has 3 heterocycles. The summed E-state index contributed by atoms with van der Waals surface area (Å²) in [5.74, 6) is 0.756. The molecule has 5 rings (SSSR count). The Morgan fingerprint density at radius 3 is 2.23 bits per heavy atom. The van der Waals surface area contributed by atoms with Gasteiger partial charge in [0.15, 0.2) is 5.78 Å². The second-order valence-electron chi connectivity index (χ2n) is 7.14. The van der Waals surface area contributed by atoms with Gasteiger partial charge in [-0.3, -0.25) is 9.78 Å². The third kappa shape index (κ3) is 3.97. The van der Waals surface area contributed by atoms with Crippen LogP contribution in [0.15, 0.2) is 55.0 Å². The monoisotopic (exact) mass is 402 g/mol. The van der Waals surface area contributed by atoms with E-state index in [-0.39, 0.29) is 11.2 Å². The lowest BCUT2D eigenvalue weighted by Gasteiger charge is -2.18. The van der Waals surface area contributed by atoms with E-state index in [1.165, 1.54) is 18.4 Å². The molecule has 2 aromatic heterocycles. The van der Waals surface area contributed by atoms with Crippen molar-refractivity contribution in [2.75, 3.05) is 11.4 Å². The molecular weight excluding hydrogens is 372 g/mol. The summed E-state index contributed by atoms with van der Waals surface area (Å²) in [6.45, 7) is 10.5. The quantitative estimate of drug-likeness (QED) is 0.505. The number of pyridine rings is 1. The van der Waals surface area contributed by atoms with Crippen LogP contribution in [0.25, 0.3) is 11.3 Å². The molecule has 0 bridgehead atoms. The SMILES string of the molecule is CC.CC.CC(=O)c1ccc2c(c1)N(c1ncc(-c3ccccn3)cn1)CC21CC1. The van der Waals surface area contributed by atoms with Crippen molar-refractivity contribution in [3.63, 3.8) is 0 Å². The van der Waals surface area contributed by atoms with Crippen LogP contribution in [0, 0.1) is 0 Å². The van der Waals surface area contributed by atoms with Gasteiger partial charge in [0, 0.05) is 47.4 Å². The average Bonchev–Trinajstić information content (AvgIpc) is 3.53. The van der Waals surface area contributed by atoms with Crippen molar-refractivity contribution in [2.24, 2.45) is 0 Å². The zero-order chi connectivity index (χ0) is 21.7. The lowest BCUT2D eigenvalue weighted by atomic mass is 9.97. The van der Waals surface area contributed by atoms with Gasteiger partial charge in [0.25, 0.3) is 0 Å². The summed E-state index contributed by atoms with van der Waals surface area (Å²) < 4.78 is 0. The number of Topliss-reactive ketones (excluding diaryl/α,β-unsaturated/α-hetero) is 1. The number of carbonyl (C=O) groups is 1. The molecular formula is C25H30N4O. The van der Waals surface area contributed by atoms with Gasteiger partial charge in [0.1, 0.15) is 0 Å². The fraction of sp³-hybridized carbons (Fsp3) is 0.360. The molecule has 0 atom stereocenters. The summed E-state index contributed by atoms with van der Waals surface area (Å²) in [5, 5.41) is 0. The zero-order valence-electron chi connectivity index (χ0n) is 18.5.